The van der Waals surface area contributed by atoms with E-state index in [4.69, 9.17) is 4.74 Å². The lowest BCUT2D eigenvalue weighted by molar-refractivity contribution is -0.139. The molecule has 0 bridgehead atoms. The Labute approximate surface area is 215 Å². The molecule has 0 saturated carbocycles. The van der Waals surface area contributed by atoms with Gasteiger partial charge in [0.15, 0.2) is 0 Å². The fourth-order valence-electron chi connectivity index (χ4n) is 4.36. The minimum Gasteiger partial charge on any atom is -0.491 e. The van der Waals surface area contributed by atoms with E-state index in [0.717, 1.165) is 35.3 Å². The second-order valence-electron chi connectivity index (χ2n) is 10.3. The van der Waals surface area contributed by atoms with E-state index in [2.05, 4.69) is 35.4 Å². The molecule has 0 amide bonds. The molecule has 1 aliphatic rings. The zero-order valence-corrected chi connectivity index (χ0v) is 23.9. The number of rotatable bonds is 11. The molecule has 198 valence electrons. The summed E-state index contributed by atoms with van der Waals surface area (Å²) in [7, 11) is -2.58. The number of aliphatic hydroxyl groups excluding tert-OH is 1. The molecule has 1 aromatic carbocycles. The van der Waals surface area contributed by atoms with Crippen LogP contribution in [0.5, 0.6) is 5.75 Å². The second kappa shape index (κ2) is 11.7. The highest BCUT2D eigenvalue weighted by Gasteiger charge is 2.44. The largest absolute Gasteiger partial charge is 0.491 e. The molecule has 0 aromatic heterocycles. The van der Waals surface area contributed by atoms with Gasteiger partial charge in [0.2, 0.25) is 10.0 Å². The van der Waals surface area contributed by atoms with Crippen LogP contribution in [-0.2, 0) is 25.0 Å². The highest BCUT2D eigenvalue weighted by molar-refractivity contribution is 8.18. The van der Waals surface area contributed by atoms with E-state index >= 15 is 0 Å². The molecule has 35 heavy (non-hydrogen) atoms. The van der Waals surface area contributed by atoms with E-state index in [-0.39, 0.29) is 22.7 Å². The van der Waals surface area contributed by atoms with Crippen molar-refractivity contribution in [1.29, 1.82) is 0 Å². The third kappa shape index (κ3) is 6.81. The summed E-state index contributed by atoms with van der Waals surface area (Å²) in [5.41, 5.74) is 2.43. The van der Waals surface area contributed by atoms with Crippen molar-refractivity contribution in [3.63, 3.8) is 0 Å². The first-order valence-corrected chi connectivity index (χ1v) is 14.4. The van der Waals surface area contributed by atoms with Gasteiger partial charge >= 0.3 is 5.97 Å². The number of carbonyl (C=O) groups excluding carboxylic acids is 1. The Morgan fingerprint density at radius 3 is 2.37 bits per heavy atom. The Hall–Kier alpha value is -1.55. The van der Waals surface area contributed by atoms with Gasteiger partial charge in [0.05, 0.1) is 13.2 Å². The summed E-state index contributed by atoms with van der Waals surface area (Å²) in [6, 6.07) is 6.15. The highest BCUT2D eigenvalue weighted by Crippen LogP contribution is 2.52. The Kier molecular flexibility index (Phi) is 9.89. The van der Waals surface area contributed by atoms with Crippen LogP contribution in [0.2, 0.25) is 0 Å². The predicted octanol–water partition coefficient (Wildman–Crippen LogP) is 4.67. The van der Waals surface area contributed by atoms with Crippen LogP contribution in [0, 0.1) is 12.3 Å². The number of hydrogen-bond acceptors (Lipinski definition) is 7. The van der Waals surface area contributed by atoms with E-state index < -0.39 is 28.6 Å². The van der Waals surface area contributed by atoms with E-state index in [1.54, 1.807) is 0 Å². The highest BCUT2D eigenvalue weighted by atomic mass is 32.3. The van der Waals surface area contributed by atoms with Gasteiger partial charge in [-0.05, 0) is 61.3 Å². The van der Waals surface area contributed by atoms with Gasteiger partial charge in [-0.2, -0.15) is 4.72 Å². The van der Waals surface area contributed by atoms with Crippen LogP contribution in [0.3, 0.4) is 0 Å². The summed E-state index contributed by atoms with van der Waals surface area (Å²) in [6.45, 7) is 13.9. The van der Waals surface area contributed by atoms with E-state index in [1.165, 1.54) is 18.9 Å². The summed E-state index contributed by atoms with van der Waals surface area (Å²) < 4.78 is 39.0. The van der Waals surface area contributed by atoms with Crippen LogP contribution in [-0.4, -0.2) is 51.1 Å². The lowest BCUT2D eigenvalue weighted by atomic mass is 9.71. The fraction of sp³-hybridized carbons (Fsp3) is 0.654. The molecule has 0 spiro atoms. The van der Waals surface area contributed by atoms with Crippen molar-refractivity contribution in [1.82, 2.24) is 4.72 Å². The summed E-state index contributed by atoms with van der Waals surface area (Å²) in [4.78, 5) is 11.5. The zero-order valence-electron chi connectivity index (χ0n) is 22.2. The van der Waals surface area contributed by atoms with Crippen molar-refractivity contribution in [2.45, 2.75) is 84.5 Å². The Balaban J connectivity index is 2.27. The van der Waals surface area contributed by atoms with Crippen molar-refractivity contribution in [2.24, 2.45) is 5.41 Å². The van der Waals surface area contributed by atoms with E-state index in [1.807, 2.05) is 40.7 Å². The van der Waals surface area contributed by atoms with Crippen molar-refractivity contribution in [3.05, 3.63) is 39.1 Å². The lowest BCUT2D eigenvalue weighted by Crippen LogP contribution is -2.36. The van der Waals surface area contributed by atoms with E-state index in [9.17, 15) is 18.3 Å². The van der Waals surface area contributed by atoms with Gasteiger partial charge in [0.25, 0.3) is 0 Å². The number of hydrogen-bond donors (Lipinski definition) is 2. The number of carbonyl (C=O) groups is 1. The number of ether oxygens (including phenoxy) is 2. The smallest absolute Gasteiger partial charge is 0.320 e. The van der Waals surface area contributed by atoms with E-state index in [0.29, 0.717) is 10.7 Å². The first-order chi connectivity index (χ1) is 16.2. The van der Waals surface area contributed by atoms with Gasteiger partial charge in [-0.3, -0.25) is 4.79 Å². The molecule has 1 heterocycles. The Bertz CT molecular complexity index is 1040. The molecule has 0 radical (unpaired) electrons. The standard InChI is InChI=1S/C26H41NO6S2/c1-9-26(10-2,19-11-12-20(17(3)13-19)33-16-21(28)25(5,6)7)22-14-18(4)24(34-22)35(30,31)27-15-23(29)32-8/h11-13,21-22,27-28H,9-10,14-16H2,1-8H3. The average molecular weight is 528 g/mol. The maximum absolute atomic E-state index is 12.9. The Morgan fingerprint density at radius 2 is 1.86 bits per heavy atom. The number of sulfonamides is 1. The molecule has 1 aromatic rings. The molecule has 2 unspecified atom stereocenters. The molecular weight excluding hydrogens is 486 g/mol. The number of nitrogens with one attached hydrogen (secondary N) is 1. The number of aryl methyl sites for hydroxylation is 1. The van der Waals surface area contributed by atoms with Crippen molar-refractivity contribution in [3.8, 4) is 5.75 Å². The molecule has 2 N–H and O–H groups in total. The van der Waals surface area contributed by atoms with Gasteiger partial charge in [-0.15, -0.1) is 11.8 Å². The van der Waals surface area contributed by atoms with Crippen LogP contribution in [0.4, 0.5) is 0 Å². The number of allylic oxidation sites excluding steroid dienone is 1. The number of benzene rings is 1. The van der Waals surface area contributed by atoms with Crippen molar-refractivity contribution in [2.75, 3.05) is 20.3 Å². The number of thioether (sulfide) groups is 1. The molecule has 2 rings (SSSR count). The summed E-state index contributed by atoms with van der Waals surface area (Å²) in [5, 5.41) is 10.4. The predicted molar refractivity (Wildman–Crippen MR) is 142 cm³/mol. The second-order valence-corrected chi connectivity index (χ2v) is 13.5. The van der Waals surface area contributed by atoms with Crippen LogP contribution < -0.4 is 9.46 Å². The number of methoxy groups -OCH3 is 1. The molecular formula is C26H41NO6S2. The third-order valence-corrected chi connectivity index (χ3v) is 10.8. The summed E-state index contributed by atoms with van der Waals surface area (Å²) >= 11 is 1.38. The van der Waals surface area contributed by atoms with Crippen LogP contribution in [0.25, 0.3) is 0 Å². The third-order valence-electron chi connectivity index (χ3n) is 6.99. The monoisotopic (exact) mass is 527 g/mol. The normalized spacial score (nSPS) is 18.0. The van der Waals surface area contributed by atoms with Gasteiger partial charge in [0.1, 0.15) is 23.1 Å². The molecule has 0 fully saturated rings. The van der Waals surface area contributed by atoms with Gasteiger partial charge < -0.3 is 14.6 Å². The maximum atomic E-state index is 12.9. The zero-order chi connectivity index (χ0) is 26.6. The topological polar surface area (TPSA) is 102 Å². The Morgan fingerprint density at radius 1 is 1.23 bits per heavy atom. The molecule has 2 atom stereocenters. The minimum atomic E-state index is -3.80. The molecule has 0 aliphatic carbocycles. The first-order valence-electron chi connectivity index (χ1n) is 12.1. The molecule has 9 heteroatoms. The summed E-state index contributed by atoms with van der Waals surface area (Å²) in [5.74, 6) is 0.109. The molecule has 7 nitrogen and oxygen atoms in total. The first kappa shape index (κ1) is 29.7. The molecule has 1 aliphatic heterocycles. The fourth-order valence-corrected chi connectivity index (χ4v) is 7.95. The van der Waals surface area contributed by atoms with Gasteiger partial charge in [0, 0.05) is 10.7 Å². The van der Waals surface area contributed by atoms with Crippen LogP contribution in [0.1, 0.15) is 71.9 Å². The summed E-state index contributed by atoms with van der Waals surface area (Å²) in [6.07, 6.45) is 1.76. The number of esters is 1. The van der Waals surface area contributed by atoms with Crippen LogP contribution in [0.15, 0.2) is 28.0 Å². The van der Waals surface area contributed by atoms with Crippen LogP contribution >= 0.6 is 11.8 Å². The quantitative estimate of drug-likeness (QED) is 0.403. The SMILES string of the molecule is CCC(CC)(c1ccc(OCC(O)C(C)(C)C)c(C)c1)C1CC(C)=C(S(=O)(=O)NCC(=O)OC)S1. The minimum absolute atomic E-state index is 0.0380. The number of aliphatic hydroxyl groups is 1. The maximum Gasteiger partial charge on any atom is 0.320 e. The average Bonchev–Trinajstić information content (AvgIpc) is 3.20. The molecule has 0 saturated heterocycles. The van der Waals surface area contributed by atoms with Crippen molar-refractivity contribution >= 4 is 27.8 Å². The van der Waals surface area contributed by atoms with Gasteiger partial charge in [-0.1, -0.05) is 46.8 Å². The van der Waals surface area contributed by atoms with Crippen molar-refractivity contribution < 1.29 is 27.8 Å². The lowest BCUT2D eigenvalue weighted by Gasteiger charge is -2.38. The van der Waals surface area contributed by atoms with Gasteiger partial charge in [-0.25, -0.2) is 8.42 Å².